The number of benzene rings is 3. The van der Waals surface area contributed by atoms with E-state index in [-0.39, 0.29) is 6.41 Å². The molecule has 2 aliphatic heterocycles. The molecule has 5 rings (SSSR count). The van der Waals surface area contributed by atoms with Gasteiger partial charge in [0.25, 0.3) is 0 Å². The second-order valence-corrected chi connectivity index (χ2v) is 9.39. The van der Waals surface area contributed by atoms with Crippen LogP contribution in [0.5, 0.6) is 0 Å². The largest absolute Gasteiger partial charge is 0.379 e. The van der Waals surface area contributed by atoms with E-state index in [9.17, 15) is 0 Å². The Morgan fingerprint density at radius 1 is 0.879 bits per heavy atom. The Balaban J connectivity index is 0.000000821. The number of rotatable bonds is 5. The number of carbonyl (C=O) groups is 1. The van der Waals surface area contributed by atoms with Crippen LogP contribution < -0.4 is 5.73 Å². The number of morpholine rings is 1. The van der Waals surface area contributed by atoms with E-state index >= 15 is 0 Å². The van der Waals surface area contributed by atoms with Crippen molar-refractivity contribution in [2.75, 3.05) is 32.8 Å². The van der Waals surface area contributed by atoms with Gasteiger partial charge in [-0.25, -0.2) is 4.31 Å². The third kappa shape index (κ3) is 6.68. The van der Waals surface area contributed by atoms with Crippen molar-refractivity contribution in [3.63, 3.8) is 0 Å². The summed E-state index contributed by atoms with van der Waals surface area (Å²) in [6.07, 6.45) is 1.40. The lowest BCUT2D eigenvalue weighted by molar-refractivity contribution is -0.106. The molecule has 2 N–H and O–H groups in total. The van der Waals surface area contributed by atoms with Gasteiger partial charge in [-0.05, 0) is 64.4 Å². The summed E-state index contributed by atoms with van der Waals surface area (Å²) in [5.74, 6) is 0. The molecule has 3 aromatic carbocycles. The molecule has 1 saturated heterocycles. The molecule has 172 valence electrons. The SMILES string of the molecule is NC=O.c1cc(CN2CCc3ccccc3C2)cc(-c2ccc(SN3CCOCC3)cc2)c1. The lowest BCUT2D eigenvalue weighted by Gasteiger charge is -2.28. The van der Waals surface area contributed by atoms with Crippen LogP contribution in [0.25, 0.3) is 11.1 Å². The van der Waals surface area contributed by atoms with Crippen LogP contribution in [0.4, 0.5) is 0 Å². The quantitative estimate of drug-likeness (QED) is 0.452. The molecule has 3 aromatic rings. The molecule has 0 aromatic heterocycles. The molecule has 0 saturated carbocycles. The van der Waals surface area contributed by atoms with Crippen LogP contribution in [0.1, 0.15) is 16.7 Å². The average Bonchev–Trinajstić information content (AvgIpc) is 2.86. The Bertz CT molecular complexity index is 1040. The summed E-state index contributed by atoms with van der Waals surface area (Å²) in [5, 5.41) is 0. The van der Waals surface area contributed by atoms with E-state index in [1.807, 2.05) is 11.9 Å². The molecule has 1 fully saturated rings. The van der Waals surface area contributed by atoms with Gasteiger partial charge in [0.1, 0.15) is 0 Å². The number of nitrogens with two attached hydrogens (primary N) is 1. The Morgan fingerprint density at radius 2 is 1.61 bits per heavy atom. The van der Waals surface area contributed by atoms with Gasteiger partial charge in [0.2, 0.25) is 6.41 Å². The number of hydrogen-bond acceptors (Lipinski definition) is 5. The highest BCUT2D eigenvalue weighted by Crippen LogP contribution is 2.28. The van der Waals surface area contributed by atoms with Gasteiger partial charge in [0, 0.05) is 37.6 Å². The van der Waals surface area contributed by atoms with E-state index in [1.165, 1.54) is 32.7 Å². The lowest BCUT2D eigenvalue weighted by Crippen LogP contribution is -2.30. The lowest BCUT2D eigenvalue weighted by atomic mass is 9.99. The fourth-order valence-electron chi connectivity index (χ4n) is 4.29. The van der Waals surface area contributed by atoms with Crippen molar-refractivity contribution in [3.05, 3.63) is 89.5 Å². The van der Waals surface area contributed by atoms with Gasteiger partial charge < -0.3 is 10.5 Å². The van der Waals surface area contributed by atoms with Crippen LogP contribution in [-0.4, -0.2) is 48.5 Å². The van der Waals surface area contributed by atoms with Crippen LogP contribution >= 0.6 is 11.9 Å². The molecule has 0 atom stereocenters. The van der Waals surface area contributed by atoms with Crippen LogP contribution in [0.15, 0.2) is 77.7 Å². The second-order valence-electron chi connectivity index (χ2n) is 8.22. The van der Waals surface area contributed by atoms with Gasteiger partial charge in [0.15, 0.2) is 0 Å². The summed E-state index contributed by atoms with van der Waals surface area (Å²) in [6, 6.07) is 26.9. The Labute approximate surface area is 200 Å². The first-order valence-electron chi connectivity index (χ1n) is 11.4. The highest BCUT2D eigenvalue weighted by atomic mass is 32.2. The van der Waals surface area contributed by atoms with Crippen molar-refractivity contribution in [2.24, 2.45) is 5.73 Å². The predicted octanol–water partition coefficient (Wildman–Crippen LogP) is 4.35. The molecule has 0 radical (unpaired) electrons. The number of primary amides is 1. The van der Waals surface area contributed by atoms with Gasteiger partial charge >= 0.3 is 0 Å². The third-order valence-corrected chi connectivity index (χ3v) is 7.04. The van der Waals surface area contributed by atoms with Crippen molar-refractivity contribution in [3.8, 4) is 11.1 Å². The van der Waals surface area contributed by atoms with Gasteiger partial charge in [-0.3, -0.25) is 9.69 Å². The van der Waals surface area contributed by atoms with E-state index in [2.05, 4.69) is 87.7 Å². The average molecular weight is 462 g/mol. The minimum Gasteiger partial charge on any atom is -0.379 e. The topological polar surface area (TPSA) is 58.8 Å². The molecule has 2 aliphatic rings. The molecule has 6 heteroatoms. The first-order valence-corrected chi connectivity index (χ1v) is 12.2. The summed E-state index contributed by atoms with van der Waals surface area (Å²) in [4.78, 5) is 12.4. The van der Waals surface area contributed by atoms with Crippen molar-refractivity contribution in [1.82, 2.24) is 9.21 Å². The zero-order valence-corrected chi connectivity index (χ0v) is 19.7. The first-order chi connectivity index (χ1) is 16.2. The van der Waals surface area contributed by atoms with E-state index in [0.29, 0.717) is 0 Å². The molecule has 0 bridgehead atoms. The first kappa shape index (κ1) is 23.5. The highest BCUT2D eigenvalue weighted by Gasteiger charge is 2.16. The normalized spacial score (nSPS) is 16.4. The fraction of sp³-hybridized carbons (Fsp3) is 0.296. The van der Waals surface area contributed by atoms with Crippen molar-refractivity contribution >= 4 is 18.4 Å². The number of fused-ring (bicyclic) bond motifs is 1. The summed E-state index contributed by atoms with van der Waals surface area (Å²) in [5.41, 5.74) is 11.1. The van der Waals surface area contributed by atoms with E-state index in [4.69, 9.17) is 9.53 Å². The van der Waals surface area contributed by atoms with Gasteiger partial charge in [-0.1, -0.05) is 54.6 Å². The Kier molecular flexibility index (Phi) is 8.55. The van der Waals surface area contributed by atoms with Crippen molar-refractivity contribution in [1.29, 1.82) is 0 Å². The van der Waals surface area contributed by atoms with Crippen molar-refractivity contribution < 1.29 is 9.53 Å². The molecule has 5 nitrogen and oxygen atoms in total. The molecular weight excluding hydrogens is 430 g/mol. The Hall–Kier alpha value is -2.64. The molecule has 33 heavy (non-hydrogen) atoms. The zero-order chi connectivity index (χ0) is 22.9. The van der Waals surface area contributed by atoms with Crippen molar-refractivity contribution in [2.45, 2.75) is 24.4 Å². The monoisotopic (exact) mass is 461 g/mol. The second kappa shape index (κ2) is 12.0. The maximum atomic E-state index is 8.58. The van der Waals surface area contributed by atoms with E-state index in [1.54, 1.807) is 0 Å². The standard InChI is InChI=1S/C26H28N2OS.CH3NO/c1-2-6-25-20-27(13-12-22(25)5-1)19-21-4-3-7-24(18-21)23-8-10-26(11-9-23)30-28-14-16-29-17-15-28;2-1-3/h1-11,18H,12-17,19-20H2;1H,(H2,2,3). The number of hydrogen-bond donors (Lipinski definition) is 1. The third-order valence-electron chi connectivity index (χ3n) is 5.94. The Morgan fingerprint density at radius 3 is 2.36 bits per heavy atom. The van der Waals surface area contributed by atoms with Gasteiger partial charge in [0.05, 0.1) is 13.2 Å². The summed E-state index contributed by atoms with van der Waals surface area (Å²) in [7, 11) is 0. The maximum Gasteiger partial charge on any atom is 0.204 e. The smallest absolute Gasteiger partial charge is 0.204 e. The van der Waals surface area contributed by atoms with E-state index < -0.39 is 0 Å². The predicted molar refractivity (Wildman–Crippen MR) is 135 cm³/mol. The molecule has 0 unspecified atom stereocenters. The van der Waals surface area contributed by atoms with E-state index in [0.717, 1.165) is 52.4 Å². The van der Waals surface area contributed by atoms with Crippen LogP contribution in [0.3, 0.4) is 0 Å². The number of amides is 1. The summed E-state index contributed by atoms with van der Waals surface area (Å²) in [6.45, 7) is 6.85. The molecule has 2 heterocycles. The van der Waals surface area contributed by atoms with Gasteiger partial charge in [-0.15, -0.1) is 0 Å². The number of carbonyl (C=O) groups excluding carboxylic acids is 1. The zero-order valence-electron chi connectivity index (χ0n) is 18.9. The highest BCUT2D eigenvalue weighted by molar-refractivity contribution is 7.97. The van der Waals surface area contributed by atoms with Crippen LogP contribution in [-0.2, 0) is 29.0 Å². The summed E-state index contributed by atoms with van der Waals surface area (Å²) < 4.78 is 7.82. The fourth-order valence-corrected chi connectivity index (χ4v) is 5.18. The minimum absolute atomic E-state index is 0.250. The molecule has 0 spiro atoms. The van der Waals surface area contributed by atoms with Crippen LogP contribution in [0, 0.1) is 0 Å². The molecule has 1 amide bonds. The molecular formula is C27H31N3O2S. The maximum absolute atomic E-state index is 8.58. The minimum atomic E-state index is 0.250. The number of ether oxygens (including phenoxy) is 1. The molecule has 0 aliphatic carbocycles. The van der Waals surface area contributed by atoms with Crippen LogP contribution in [0.2, 0.25) is 0 Å². The summed E-state index contributed by atoms with van der Waals surface area (Å²) >= 11 is 1.84. The van der Waals surface area contributed by atoms with Gasteiger partial charge in [-0.2, -0.15) is 0 Å². The number of nitrogens with zero attached hydrogens (tertiary/aromatic N) is 2.